The van der Waals surface area contributed by atoms with Crippen LogP contribution in [0.1, 0.15) is 15.9 Å². The lowest BCUT2D eigenvalue weighted by molar-refractivity contribution is -0.385. The quantitative estimate of drug-likeness (QED) is 0.447. The largest absolute Gasteiger partial charge is 0.478 e. The van der Waals surface area contributed by atoms with Crippen molar-refractivity contribution in [3.05, 3.63) is 67.1 Å². The van der Waals surface area contributed by atoms with Crippen molar-refractivity contribution in [3.8, 4) is 0 Å². The molecule has 0 radical (unpaired) electrons. The van der Waals surface area contributed by atoms with Crippen LogP contribution in [0.25, 0.3) is 0 Å². The van der Waals surface area contributed by atoms with E-state index in [4.69, 9.17) is 16.7 Å². The summed E-state index contributed by atoms with van der Waals surface area (Å²) in [5, 5.41) is 23.9. The van der Waals surface area contributed by atoms with Crippen LogP contribution >= 0.6 is 27.5 Å². The molecule has 0 atom stereocenters. The number of hydrogen-bond acceptors (Lipinski definition) is 5. The fraction of sp³-hybridized carbons (Fsp3) is 0. The number of nitrogens with one attached hydrogen (secondary N) is 1. The minimum Gasteiger partial charge on any atom is -0.478 e. The smallest absolute Gasteiger partial charge is 0.337 e. The Morgan fingerprint density at radius 3 is 2.74 bits per heavy atom. The molecule has 118 valence electrons. The van der Waals surface area contributed by atoms with Gasteiger partial charge in [0.05, 0.1) is 31.9 Å². The number of carbonyl (C=O) groups is 1. The number of aromatic carboxylic acids is 1. The van der Waals surface area contributed by atoms with Crippen molar-refractivity contribution in [1.82, 2.24) is 0 Å². The van der Waals surface area contributed by atoms with Gasteiger partial charge in [-0.15, -0.1) is 0 Å². The van der Waals surface area contributed by atoms with Gasteiger partial charge < -0.3 is 5.11 Å². The van der Waals surface area contributed by atoms with Gasteiger partial charge in [-0.2, -0.15) is 5.10 Å². The van der Waals surface area contributed by atoms with E-state index in [1.807, 2.05) is 0 Å². The number of halogens is 2. The molecule has 0 heterocycles. The second kappa shape index (κ2) is 7.21. The maximum Gasteiger partial charge on any atom is 0.337 e. The van der Waals surface area contributed by atoms with Crippen LogP contribution in [0.4, 0.5) is 11.4 Å². The van der Waals surface area contributed by atoms with E-state index in [-0.39, 0.29) is 16.3 Å². The Labute approximate surface area is 143 Å². The van der Waals surface area contributed by atoms with Crippen molar-refractivity contribution in [2.75, 3.05) is 5.43 Å². The van der Waals surface area contributed by atoms with Gasteiger partial charge in [-0.1, -0.05) is 17.7 Å². The van der Waals surface area contributed by atoms with Gasteiger partial charge in [0.2, 0.25) is 0 Å². The molecule has 0 amide bonds. The molecule has 2 aromatic carbocycles. The van der Waals surface area contributed by atoms with Crippen molar-refractivity contribution in [2.45, 2.75) is 0 Å². The van der Waals surface area contributed by atoms with Crippen molar-refractivity contribution in [1.29, 1.82) is 0 Å². The fourth-order valence-electron chi connectivity index (χ4n) is 1.69. The summed E-state index contributed by atoms with van der Waals surface area (Å²) in [5.41, 5.74) is 3.46. The first-order valence-corrected chi connectivity index (χ1v) is 7.31. The molecule has 2 rings (SSSR count). The van der Waals surface area contributed by atoms with Gasteiger partial charge in [0.25, 0.3) is 5.69 Å². The fourth-order valence-corrected chi connectivity index (χ4v) is 2.28. The normalized spacial score (nSPS) is 10.7. The molecular formula is C14H9BrClN3O4. The van der Waals surface area contributed by atoms with Crippen LogP contribution in [0.5, 0.6) is 0 Å². The van der Waals surface area contributed by atoms with Gasteiger partial charge in [-0.05, 0) is 40.2 Å². The SMILES string of the molecule is O=C(O)c1cc(N/N=C/c2ccc(Br)c([N+](=O)[O-])c2)ccc1Cl. The number of nitrogens with zero attached hydrogens (tertiary/aromatic N) is 2. The van der Waals surface area contributed by atoms with E-state index in [1.54, 1.807) is 18.2 Å². The Morgan fingerprint density at radius 2 is 2.09 bits per heavy atom. The standard InChI is InChI=1S/C14H9BrClN3O4/c15-11-3-1-8(5-13(11)19(22)23)7-17-18-9-2-4-12(16)10(6-9)14(20)21/h1-7,18H,(H,20,21)/b17-7+. The van der Waals surface area contributed by atoms with E-state index in [1.165, 1.54) is 24.4 Å². The molecule has 9 heteroatoms. The van der Waals surface area contributed by atoms with Crippen LogP contribution in [0.15, 0.2) is 46.0 Å². The highest BCUT2D eigenvalue weighted by Crippen LogP contribution is 2.25. The predicted molar refractivity (Wildman–Crippen MR) is 90.4 cm³/mol. The third-order valence-electron chi connectivity index (χ3n) is 2.77. The summed E-state index contributed by atoms with van der Waals surface area (Å²) in [6.45, 7) is 0. The maximum absolute atomic E-state index is 11.0. The average Bonchev–Trinajstić information content (AvgIpc) is 2.50. The summed E-state index contributed by atoms with van der Waals surface area (Å²) in [5.74, 6) is -1.15. The number of carboxylic acids is 1. The van der Waals surface area contributed by atoms with E-state index in [9.17, 15) is 14.9 Å². The van der Waals surface area contributed by atoms with Gasteiger partial charge in [0.1, 0.15) is 0 Å². The highest BCUT2D eigenvalue weighted by molar-refractivity contribution is 9.10. The van der Waals surface area contributed by atoms with E-state index in [2.05, 4.69) is 26.5 Å². The number of anilines is 1. The highest BCUT2D eigenvalue weighted by Gasteiger charge is 2.11. The Morgan fingerprint density at radius 1 is 1.35 bits per heavy atom. The molecule has 0 aromatic heterocycles. The number of hydrazone groups is 1. The van der Waals surface area contributed by atoms with E-state index in [0.717, 1.165) is 0 Å². The summed E-state index contributed by atoms with van der Waals surface area (Å²) in [6.07, 6.45) is 1.38. The molecule has 0 bridgehead atoms. The molecule has 0 fully saturated rings. The van der Waals surface area contributed by atoms with E-state index < -0.39 is 10.9 Å². The van der Waals surface area contributed by atoms with Crippen molar-refractivity contribution < 1.29 is 14.8 Å². The summed E-state index contributed by atoms with van der Waals surface area (Å²) >= 11 is 8.86. The average molecular weight is 399 g/mol. The molecule has 0 aliphatic rings. The van der Waals surface area contributed by atoms with Crippen LogP contribution in [0.3, 0.4) is 0 Å². The van der Waals surface area contributed by atoms with Crippen molar-refractivity contribution in [2.24, 2.45) is 5.10 Å². The van der Waals surface area contributed by atoms with Gasteiger partial charge in [0.15, 0.2) is 0 Å². The van der Waals surface area contributed by atoms with Crippen LogP contribution < -0.4 is 5.43 Å². The summed E-state index contributed by atoms with van der Waals surface area (Å²) in [4.78, 5) is 21.3. The Hall–Kier alpha value is -2.45. The lowest BCUT2D eigenvalue weighted by atomic mass is 10.2. The van der Waals surface area contributed by atoms with E-state index in [0.29, 0.717) is 15.7 Å². The Balaban J connectivity index is 2.16. The third kappa shape index (κ3) is 4.27. The number of benzene rings is 2. The lowest BCUT2D eigenvalue weighted by Gasteiger charge is -2.03. The summed E-state index contributed by atoms with van der Waals surface area (Å²) < 4.78 is 0.372. The number of rotatable bonds is 5. The Bertz CT molecular complexity index is 811. The molecule has 0 aliphatic heterocycles. The van der Waals surface area contributed by atoms with E-state index >= 15 is 0 Å². The van der Waals surface area contributed by atoms with Crippen LogP contribution in [0, 0.1) is 10.1 Å². The minimum atomic E-state index is -1.15. The zero-order valence-corrected chi connectivity index (χ0v) is 13.7. The molecule has 0 spiro atoms. The first-order valence-electron chi connectivity index (χ1n) is 6.14. The molecule has 0 aliphatic carbocycles. The van der Waals surface area contributed by atoms with Crippen LogP contribution in [0.2, 0.25) is 5.02 Å². The molecule has 23 heavy (non-hydrogen) atoms. The molecule has 2 aromatic rings. The Kier molecular flexibility index (Phi) is 5.30. The van der Waals surface area contributed by atoms with Gasteiger partial charge >= 0.3 is 5.97 Å². The topological polar surface area (TPSA) is 105 Å². The van der Waals surface area contributed by atoms with Crippen molar-refractivity contribution >= 4 is 51.1 Å². The monoisotopic (exact) mass is 397 g/mol. The molecule has 0 saturated carbocycles. The van der Waals surface area contributed by atoms with Gasteiger partial charge in [-0.3, -0.25) is 15.5 Å². The molecule has 2 N–H and O–H groups in total. The lowest BCUT2D eigenvalue weighted by Crippen LogP contribution is -1.99. The summed E-state index contributed by atoms with van der Waals surface area (Å²) in [6, 6.07) is 8.90. The van der Waals surface area contributed by atoms with Crippen LogP contribution in [-0.4, -0.2) is 22.2 Å². The highest BCUT2D eigenvalue weighted by atomic mass is 79.9. The number of hydrogen-bond donors (Lipinski definition) is 2. The van der Waals surface area contributed by atoms with Crippen molar-refractivity contribution in [3.63, 3.8) is 0 Å². The molecule has 7 nitrogen and oxygen atoms in total. The maximum atomic E-state index is 11.0. The third-order valence-corrected chi connectivity index (χ3v) is 3.77. The molecule has 0 saturated heterocycles. The number of carboxylic acid groups (broad SMARTS) is 1. The predicted octanol–water partition coefficient (Wildman–Crippen LogP) is 4.15. The second-order valence-corrected chi connectivity index (χ2v) is 5.60. The number of nitro benzene ring substituents is 1. The zero-order chi connectivity index (χ0) is 17.0. The van der Waals surface area contributed by atoms with Crippen LogP contribution in [-0.2, 0) is 0 Å². The van der Waals surface area contributed by atoms with Gasteiger partial charge in [-0.25, -0.2) is 4.79 Å². The zero-order valence-electron chi connectivity index (χ0n) is 11.4. The second-order valence-electron chi connectivity index (χ2n) is 4.34. The minimum absolute atomic E-state index is 0.0499. The first kappa shape index (κ1) is 16.9. The molecular weight excluding hydrogens is 390 g/mol. The molecule has 0 unspecified atom stereocenters. The summed E-state index contributed by atoms with van der Waals surface area (Å²) in [7, 11) is 0. The first-order chi connectivity index (χ1) is 10.9. The number of nitro groups is 1. The van der Waals surface area contributed by atoms with Gasteiger partial charge in [0, 0.05) is 11.6 Å².